The number of hydrogen-bond donors (Lipinski definition) is 0. The van der Waals surface area contributed by atoms with E-state index in [1.807, 2.05) is 30.3 Å². The first kappa shape index (κ1) is 30.9. The molecule has 0 atom stereocenters. The molecular formula is C52H30N2O2. The van der Waals surface area contributed by atoms with Gasteiger partial charge in [-0.25, -0.2) is 9.97 Å². The second kappa shape index (κ2) is 12.0. The zero-order valence-corrected chi connectivity index (χ0v) is 30.0. The van der Waals surface area contributed by atoms with Crippen molar-refractivity contribution in [2.45, 2.75) is 0 Å². The van der Waals surface area contributed by atoms with Crippen LogP contribution >= 0.6 is 0 Å². The Bertz CT molecular complexity index is 3540. The fourth-order valence-electron chi connectivity index (χ4n) is 8.57. The molecular weight excluding hydrogens is 685 g/mol. The van der Waals surface area contributed by atoms with E-state index in [4.69, 9.17) is 18.8 Å². The highest BCUT2D eigenvalue weighted by atomic mass is 16.3. The minimum atomic E-state index is 0.645. The topological polar surface area (TPSA) is 52.1 Å². The lowest BCUT2D eigenvalue weighted by Crippen LogP contribution is -1.96. The van der Waals surface area contributed by atoms with Crippen molar-refractivity contribution < 1.29 is 8.83 Å². The number of furan rings is 2. The monoisotopic (exact) mass is 714 g/mol. The van der Waals surface area contributed by atoms with E-state index in [-0.39, 0.29) is 0 Å². The SMILES string of the molecule is c1ccc2cc(-c3ccc(-c4cc(-c5nc(-c6cc7ccccc7c7ccccc67)nc6c5oc5ccccc56)c5c(c4)oc4ccccc45)cc3)ccc2c1. The number of fused-ring (bicyclic) bond motifs is 10. The highest BCUT2D eigenvalue weighted by Crippen LogP contribution is 2.44. The number of para-hydroxylation sites is 2. The highest BCUT2D eigenvalue weighted by Gasteiger charge is 2.24. The summed E-state index contributed by atoms with van der Waals surface area (Å²) in [4.78, 5) is 10.8. The van der Waals surface area contributed by atoms with E-state index in [2.05, 4.69) is 152 Å². The normalized spacial score (nSPS) is 11.9. The molecule has 56 heavy (non-hydrogen) atoms. The van der Waals surface area contributed by atoms with Crippen LogP contribution in [0.1, 0.15) is 0 Å². The van der Waals surface area contributed by atoms with Crippen molar-refractivity contribution in [2.24, 2.45) is 0 Å². The van der Waals surface area contributed by atoms with E-state index in [1.165, 1.54) is 27.1 Å². The summed E-state index contributed by atoms with van der Waals surface area (Å²) >= 11 is 0. The fourth-order valence-corrected chi connectivity index (χ4v) is 8.57. The molecule has 0 aliphatic heterocycles. The number of hydrogen-bond acceptors (Lipinski definition) is 4. The van der Waals surface area contributed by atoms with Crippen LogP contribution in [-0.4, -0.2) is 9.97 Å². The Hall–Kier alpha value is -7.56. The van der Waals surface area contributed by atoms with Crippen LogP contribution in [0, 0.1) is 0 Å². The first-order valence-corrected chi connectivity index (χ1v) is 18.9. The van der Waals surface area contributed by atoms with Gasteiger partial charge in [0.15, 0.2) is 11.4 Å². The predicted molar refractivity (Wildman–Crippen MR) is 231 cm³/mol. The molecule has 0 spiro atoms. The van der Waals surface area contributed by atoms with Gasteiger partial charge in [-0.15, -0.1) is 0 Å². The maximum Gasteiger partial charge on any atom is 0.180 e. The molecule has 0 aliphatic carbocycles. The third-order valence-electron chi connectivity index (χ3n) is 11.3. The zero-order chi connectivity index (χ0) is 36.7. The molecule has 3 heterocycles. The van der Waals surface area contributed by atoms with Crippen LogP contribution < -0.4 is 0 Å². The summed E-state index contributed by atoms with van der Waals surface area (Å²) in [5, 5.41) is 10.0. The van der Waals surface area contributed by atoms with Gasteiger partial charge in [0, 0.05) is 27.3 Å². The molecule has 12 rings (SSSR count). The van der Waals surface area contributed by atoms with Gasteiger partial charge in [0.05, 0.1) is 0 Å². The summed E-state index contributed by atoms with van der Waals surface area (Å²) in [6.07, 6.45) is 0. The van der Waals surface area contributed by atoms with Crippen molar-refractivity contribution in [1.29, 1.82) is 0 Å². The van der Waals surface area contributed by atoms with Crippen LogP contribution in [0.4, 0.5) is 0 Å². The van der Waals surface area contributed by atoms with Crippen molar-refractivity contribution in [2.75, 3.05) is 0 Å². The Morgan fingerprint density at radius 2 is 0.946 bits per heavy atom. The van der Waals surface area contributed by atoms with E-state index in [9.17, 15) is 0 Å². The quantitative estimate of drug-likeness (QED) is 0.170. The van der Waals surface area contributed by atoms with E-state index >= 15 is 0 Å². The Labute approximate surface area is 320 Å². The molecule has 0 amide bonds. The lowest BCUT2D eigenvalue weighted by Gasteiger charge is -2.13. The zero-order valence-electron chi connectivity index (χ0n) is 30.0. The standard InChI is InChI=1S/C52H30N2O2/c1-2-12-34-27-35(26-25-31(34)11-1)32-21-23-33(24-22-32)37-29-44(48-41-17-7-9-19-45(41)55-47(48)30-37)50-51-49(42-18-8-10-20-46(42)56-51)53-52(54-50)43-28-36-13-3-4-14-38(36)39-15-5-6-16-40(39)43/h1-30H. The van der Waals surface area contributed by atoms with Crippen LogP contribution in [0.2, 0.25) is 0 Å². The van der Waals surface area contributed by atoms with Crippen LogP contribution in [0.15, 0.2) is 191 Å². The molecule has 0 N–H and O–H groups in total. The number of nitrogens with zero attached hydrogens (tertiary/aromatic N) is 2. The van der Waals surface area contributed by atoms with Crippen LogP contribution in [-0.2, 0) is 0 Å². The van der Waals surface area contributed by atoms with Crippen LogP contribution in [0.25, 0.3) is 121 Å². The minimum absolute atomic E-state index is 0.645. The molecule has 0 unspecified atom stereocenters. The predicted octanol–water partition coefficient (Wildman–Crippen LogP) is 14.4. The molecule has 0 aliphatic rings. The van der Waals surface area contributed by atoms with Crippen molar-refractivity contribution in [3.63, 3.8) is 0 Å². The number of benzene rings is 9. The van der Waals surface area contributed by atoms with Gasteiger partial charge in [-0.1, -0.05) is 140 Å². The molecule has 0 fully saturated rings. The van der Waals surface area contributed by atoms with Gasteiger partial charge < -0.3 is 8.83 Å². The van der Waals surface area contributed by atoms with Gasteiger partial charge in [-0.3, -0.25) is 0 Å². The Kier molecular flexibility index (Phi) is 6.60. The molecule has 9 aromatic carbocycles. The second-order valence-electron chi connectivity index (χ2n) is 14.5. The fraction of sp³-hybridized carbons (Fsp3) is 0. The van der Waals surface area contributed by atoms with Crippen LogP contribution in [0.5, 0.6) is 0 Å². The van der Waals surface area contributed by atoms with E-state index in [1.54, 1.807) is 0 Å². The summed E-state index contributed by atoms with van der Waals surface area (Å²) in [5.41, 5.74) is 10.9. The van der Waals surface area contributed by atoms with Crippen molar-refractivity contribution >= 4 is 76.3 Å². The molecule has 260 valence electrons. The number of rotatable bonds is 4. The smallest absolute Gasteiger partial charge is 0.180 e. The molecule has 0 radical (unpaired) electrons. The summed E-state index contributed by atoms with van der Waals surface area (Å²) in [6, 6.07) is 63.9. The molecule has 3 aromatic heterocycles. The van der Waals surface area contributed by atoms with Gasteiger partial charge >= 0.3 is 0 Å². The lowest BCUT2D eigenvalue weighted by molar-refractivity contribution is 0.667. The highest BCUT2D eigenvalue weighted by molar-refractivity contribution is 6.18. The second-order valence-corrected chi connectivity index (χ2v) is 14.5. The maximum absolute atomic E-state index is 6.71. The van der Waals surface area contributed by atoms with Gasteiger partial charge in [-0.2, -0.15) is 0 Å². The first-order chi connectivity index (χ1) is 27.7. The maximum atomic E-state index is 6.71. The largest absolute Gasteiger partial charge is 0.456 e. The molecule has 4 nitrogen and oxygen atoms in total. The first-order valence-electron chi connectivity index (χ1n) is 18.9. The molecule has 12 aromatic rings. The van der Waals surface area contributed by atoms with Crippen molar-refractivity contribution in [3.05, 3.63) is 182 Å². The Morgan fingerprint density at radius 3 is 1.75 bits per heavy atom. The third-order valence-corrected chi connectivity index (χ3v) is 11.3. The molecule has 0 bridgehead atoms. The summed E-state index contributed by atoms with van der Waals surface area (Å²) in [6.45, 7) is 0. The Balaban J connectivity index is 1.12. The van der Waals surface area contributed by atoms with Crippen molar-refractivity contribution in [3.8, 4) is 44.9 Å². The van der Waals surface area contributed by atoms with E-state index in [0.717, 1.165) is 82.7 Å². The summed E-state index contributed by atoms with van der Waals surface area (Å²) in [5.74, 6) is 0.645. The van der Waals surface area contributed by atoms with Crippen LogP contribution in [0.3, 0.4) is 0 Å². The average Bonchev–Trinajstić information content (AvgIpc) is 3.84. The minimum Gasteiger partial charge on any atom is -0.456 e. The third kappa shape index (κ3) is 4.73. The molecule has 4 heteroatoms. The van der Waals surface area contributed by atoms with Gasteiger partial charge in [0.25, 0.3) is 0 Å². The van der Waals surface area contributed by atoms with E-state index < -0.39 is 0 Å². The van der Waals surface area contributed by atoms with Gasteiger partial charge in [-0.05, 0) is 97.0 Å². The Morgan fingerprint density at radius 1 is 0.339 bits per heavy atom. The lowest BCUT2D eigenvalue weighted by atomic mass is 9.94. The van der Waals surface area contributed by atoms with Crippen molar-refractivity contribution in [1.82, 2.24) is 9.97 Å². The average molecular weight is 715 g/mol. The number of aromatic nitrogens is 2. The summed E-state index contributed by atoms with van der Waals surface area (Å²) in [7, 11) is 0. The van der Waals surface area contributed by atoms with E-state index in [0.29, 0.717) is 11.4 Å². The molecule has 0 saturated heterocycles. The summed E-state index contributed by atoms with van der Waals surface area (Å²) < 4.78 is 13.3. The molecule has 0 saturated carbocycles. The van der Waals surface area contributed by atoms with Gasteiger partial charge in [0.1, 0.15) is 28.0 Å². The van der Waals surface area contributed by atoms with Gasteiger partial charge in [0.2, 0.25) is 0 Å².